The van der Waals surface area contributed by atoms with E-state index in [2.05, 4.69) is 20.6 Å². The standard InChI is InChI=1S/C14H17N5O2/c1-2-5-16-13-7-12(19(20)21)8-14(18-13)17-10-11-4-3-6-15-9-11/h3-4,6-9H,2,5,10H2,1H3,(H2,16,17,18). The molecule has 0 bridgehead atoms. The third-order valence-corrected chi connectivity index (χ3v) is 2.77. The summed E-state index contributed by atoms with van der Waals surface area (Å²) in [6.07, 6.45) is 4.35. The summed E-state index contributed by atoms with van der Waals surface area (Å²) in [5.74, 6) is 0.964. The highest BCUT2D eigenvalue weighted by Crippen LogP contribution is 2.21. The molecule has 0 fully saturated rings. The van der Waals surface area contributed by atoms with Crippen molar-refractivity contribution in [1.82, 2.24) is 9.97 Å². The largest absolute Gasteiger partial charge is 0.370 e. The second-order valence-electron chi connectivity index (χ2n) is 4.49. The quantitative estimate of drug-likeness (QED) is 0.601. The lowest BCUT2D eigenvalue weighted by molar-refractivity contribution is -0.384. The molecule has 0 amide bonds. The van der Waals surface area contributed by atoms with Gasteiger partial charge in [0.2, 0.25) is 0 Å². The van der Waals surface area contributed by atoms with Crippen molar-refractivity contribution in [2.45, 2.75) is 19.9 Å². The van der Waals surface area contributed by atoms with Crippen LogP contribution in [0.15, 0.2) is 36.7 Å². The highest BCUT2D eigenvalue weighted by Gasteiger charge is 2.11. The molecule has 0 aliphatic heterocycles. The van der Waals surface area contributed by atoms with Gasteiger partial charge in [-0.25, -0.2) is 4.98 Å². The predicted molar refractivity (Wildman–Crippen MR) is 81.2 cm³/mol. The molecule has 2 aromatic rings. The van der Waals surface area contributed by atoms with Gasteiger partial charge in [-0.2, -0.15) is 0 Å². The summed E-state index contributed by atoms with van der Waals surface area (Å²) < 4.78 is 0. The van der Waals surface area contributed by atoms with Crippen LogP contribution in [-0.4, -0.2) is 21.4 Å². The maximum absolute atomic E-state index is 11.0. The zero-order chi connectivity index (χ0) is 15.1. The van der Waals surface area contributed by atoms with Gasteiger partial charge in [-0.1, -0.05) is 13.0 Å². The van der Waals surface area contributed by atoms with Crippen molar-refractivity contribution >= 4 is 17.3 Å². The normalized spacial score (nSPS) is 10.1. The number of rotatable bonds is 7. The zero-order valence-corrected chi connectivity index (χ0v) is 11.7. The van der Waals surface area contributed by atoms with Crippen LogP contribution in [0.25, 0.3) is 0 Å². The first-order valence-corrected chi connectivity index (χ1v) is 6.72. The van der Waals surface area contributed by atoms with E-state index in [0.717, 1.165) is 18.5 Å². The second kappa shape index (κ2) is 7.18. The Kier molecular flexibility index (Phi) is 5.03. The van der Waals surface area contributed by atoms with Crippen molar-refractivity contribution in [1.29, 1.82) is 0 Å². The van der Waals surface area contributed by atoms with Gasteiger partial charge in [0.25, 0.3) is 5.69 Å². The molecule has 2 aromatic heterocycles. The molecular weight excluding hydrogens is 270 g/mol. The number of nitrogens with one attached hydrogen (secondary N) is 2. The molecule has 0 saturated carbocycles. The van der Waals surface area contributed by atoms with Crippen LogP contribution in [0.4, 0.5) is 17.3 Å². The van der Waals surface area contributed by atoms with Crippen LogP contribution in [0.1, 0.15) is 18.9 Å². The number of anilines is 2. The first-order chi connectivity index (χ1) is 10.2. The molecule has 0 atom stereocenters. The smallest absolute Gasteiger partial charge is 0.276 e. The van der Waals surface area contributed by atoms with Crippen molar-refractivity contribution in [3.8, 4) is 0 Å². The number of hydrogen-bond acceptors (Lipinski definition) is 6. The minimum Gasteiger partial charge on any atom is -0.370 e. The number of pyridine rings is 2. The molecule has 21 heavy (non-hydrogen) atoms. The first kappa shape index (κ1) is 14.7. The Morgan fingerprint density at radius 3 is 2.67 bits per heavy atom. The molecule has 0 spiro atoms. The molecule has 110 valence electrons. The molecule has 0 aromatic carbocycles. The molecule has 0 saturated heterocycles. The van der Waals surface area contributed by atoms with E-state index in [1.54, 1.807) is 12.4 Å². The topological polar surface area (TPSA) is 93.0 Å². The summed E-state index contributed by atoms with van der Waals surface area (Å²) in [4.78, 5) is 18.9. The van der Waals surface area contributed by atoms with Gasteiger partial charge in [0.15, 0.2) is 0 Å². The Morgan fingerprint density at radius 2 is 2.05 bits per heavy atom. The van der Waals surface area contributed by atoms with Crippen molar-refractivity contribution in [2.75, 3.05) is 17.2 Å². The van der Waals surface area contributed by atoms with E-state index in [9.17, 15) is 10.1 Å². The van der Waals surface area contributed by atoms with Gasteiger partial charge in [-0.15, -0.1) is 0 Å². The molecule has 2 N–H and O–H groups in total. The fourth-order valence-electron chi connectivity index (χ4n) is 1.75. The molecule has 0 radical (unpaired) electrons. The Balaban J connectivity index is 2.13. The van der Waals surface area contributed by atoms with E-state index in [0.29, 0.717) is 18.2 Å². The molecule has 0 aliphatic carbocycles. The fourth-order valence-corrected chi connectivity index (χ4v) is 1.75. The lowest BCUT2D eigenvalue weighted by atomic mass is 10.3. The van der Waals surface area contributed by atoms with Crippen LogP contribution in [-0.2, 0) is 6.54 Å². The van der Waals surface area contributed by atoms with E-state index < -0.39 is 4.92 Å². The Morgan fingerprint density at radius 1 is 1.29 bits per heavy atom. The molecule has 7 heteroatoms. The van der Waals surface area contributed by atoms with Crippen LogP contribution >= 0.6 is 0 Å². The van der Waals surface area contributed by atoms with E-state index in [1.165, 1.54) is 12.1 Å². The number of aromatic nitrogens is 2. The van der Waals surface area contributed by atoms with Gasteiger partial charge < -0.3 is 10.6 Å². The molecule has 0 unspecified atom stereocenters. The number of hydrogen-bond donors (Lipinski definition) is 2. The van der Waals surface area contributed by atoms with Crippen molar-refractivity contribution in [3.05, 3.63) is 52.3 Å². The lowest BCUT2D eigenvalue weighted by Crippen LogP contribution is -2.07. The Bertz CT molecular complexity index is 604. The van der Waals surface area contributed by atoms with Crippen LogP contribution in [0, 0.1) is 10.1 Å². The van der Waals surface area contributed by atoms with Crippen LogP contribution in [0.3, 0.4) is 0 Å². The molecule has 0 aliphatic rings. The van der Waals surface area contributed by atoms with E-state index >= 15 is 0 Å². The van der Waals surface area contributed by atoms with Gasteiger partial charge in [-0.3, -0.25) is 15.1 Å². The molecular formula is C14H17N5O2. The summed E-state index contributed by atoms with van der Waals surface area (Å²) in [5.41, 5.74) is 0.992. The highest BCUT2D eigenvalue weighted by atomic mass is 16.6. The SMILES string of the molecule is CCCNc1cc([N+](=O)[O-])cc(NCc2cccnc2)n1. The molecule has 7 nitrogen and oxygen atoms in total. The maximum atomic E-state index is 11.0. The Labute approximate surface area is 122 Å². The summed E-state index contributed by atoms with van der Waals surface area (Å²) in [6.45, 7) is 3.25. The summed E-state index contributed by atoms with van der Waals surface area (Å²) in [7, 11) is 0. The van der Waals surface area contributed by atoms with Crippen molar-refractivity contribution < 1.29 is 4.92 Å². The molecule has 2 heterocycles. The van der Waals surface area contributed by atoms with Gasteiger partial charge in [0, 0.05) is 25.5 Å². The Hall–Kier alpha value is -2.70. The molecule has 2 rings (SSSR count). The second-order valence-corrected chi connectivity index (χ2v) is 4.49. The summed E-state index contributed by atoms with van der Waals surface area (Å²) in [5, 5.41) is 17.1. The van der Waals surface area contributed by atoms with Crippen molar-refractivity contribution in [3.63, 3.8) is 0 Å². The minimum absolute atomic E-state index is 0.0114. The van der Waals surface area contributed by atoms with Crippen molar-refractivity contribution in [2.24, 2.45) is 0 Å². The summed E-state index contributed by atoms with van der Waals surface area (Å²) >= 11 is 0. The van der Waals surface area contributed by atoms with Gasteiger partial charge in [0.1, 0.15) is 11.6 Å². The number of nitrogens with zero attached hydrogens (tertiary/aromatic N) is 3. The van der Waals surface area contributed by atoms with Crippen LogP contribution < -0.4 is 10.6 Å². The number of nitro groups is 1. The van der Waals surface area contributed by atoms with Gasteiger partial charge in [-0.05, 0) is 18.1 Å². The van der Waals surface area contributed by atoms with E-state index in [-0.39, 0.29) is 5.69 Å². The van der Waals surface area contributed by atoms with Gasteiger partial charge in [0.05, 0.1) is 17.1 Å². The lowest BCUT2D eigenvalue weighted by Gasteiger charge is -2.09. The monoisotopic (exact) mass is 287 g/mol. The average Bonchev–Trinajstić information content (AvgIpc) is 2.51. The van der Waals surface area contributed by atoms with E-state index in [4.69, 9.17) is 0 Å². The predicted octanol–water partition coefficient (Wildman–Crippen LogP) is 2.82. The summed E-state index contributed by atoms with van der Waals surface area (Å²) in [6, 6.07) is 6.62. The fraction of sp³-hybridized carbons (Fsp3) is 0.286. The average molecular weight is 287 g/mol. The van der Waals surface area contributed by atoms with Crippen LogP contribution in [0.2, 0.25) is 0 Å². The third-order valence-electron chi connectivity index (χ3n) is 2.77. The third kappa shape index (κ3) is 4.41. The first-order valence-electron chi connectivity index (χ1n) is 6.72. The minimum atomic E-state index is -0.423. The zero-order valence-electron chi connectivity index (χ0n) is 11.7. The van der Waals surface area contributed by atoms with Crippen LogP contribution in [0.5, 0.6) is 0 Å². The van der Waals surface area contributed by atoms with E-state index in [1.807, 2.05) is 19.1 Å². The maximum Gasteiger partial charge on any atom is 0.276 e. The highest BCUT2D eigenvalue weighted by molar-refractivity contribution is 5.54. The van der Waals surface area contributed by atoms with Gasteiger partial charge >= 0.3 is 0 Å².